The van der Waals surface area contributed by atoms with Gasteiger partial charge in [0.15, 0.2) is 0 Å². The number of hydrogen-bond acceptors (Lipinski definition) is 5. The fourth-order valence-corrected chi connectivity index (χ4v) is 8.09. The number of ether oxygens (including phenoxy) is 1. The molecule has 0 aromatic heterocycles. The number of aryl methyl sites for hydroxylation is 1. The maximum Gasteiger partial charge on any atom is 0.264 e. The summed E-state index contributed by atoms with van der Waals surface area (Å²) < 4.78 is 35.0. The highest BCUT2D eigenvalue weighted by molar-refractivity contribution is 7.92. The van der Waals surface area contributed by atoms with Gasteiger partial charge in [-0.3, -0.25) is 13.9 Å². The Morgan fingerprint density at radius 1 is 0.840 bits per heavy atom. The number of rotatable bonds is 13. The molecule has 2 amide bonds. The maximum absolute atomic E-state index is 14.8. The van der Waals surface area contributed by atoms with Crippen LogP contribution in [0, 0.1) is 6.92 Å². The predicted molar refractivity (Wildman–Crippen MR) is 200 cm³/mol. The van der Waals surface area contributed by atoms with E-state index >= 15 is 0 Å². The molecule has 264 valence electrons. The zero-order chi connectivity index (χ0) is 35.8. The molecule has 1 N–H and O–H groups in total. The van der Waals surface area contributed by atoms with Gasteiger partial charge in [0.1, 0.15) is 18.3 Å². The Balaban J connectivity index is 1.59. The van der Waals surface area contributed by atoms with Gasteiger partial charge < -0.3 is 15.0 Å². The Bertz CT molecular complexity index is 1900. The lowest BCUT2D eigenvalue weighted by Gasteiger charge is -2.35. The maximum atomic E-state index is 14.8. The fraction of sp³-hybridized carbons (Fsp3) is 0.316. The molecule has 1 atom stereocenters. The molecule has 8 nitrogen and oxygen atoms in total. The zero-order valence-corrected chi connectivity index (χ0v) is 31.0. The minimum atomic E-state index is -4.30. The molecule has 50 heavy (non-hydrogen) atoms. The van der Waals surface area contributed by atoms with Gasteiger partial charge in [-0.05, 0) is 73.4 Å². The summed E-state index contributed by atoms with van der Waals surface area (Å²) in [5.41, 5.74) is 2.50. The van der Waals surface area contributed by atoms with Crippen LogP contribution in [0.15, 0.2) is 95.9 Å². The molecule has 0 unspecified atom stereocenters. The van der Waals surface area contributed by atoms with Crippen molar-refractivity contribution in [2.45, 2.75) is 69.0 Å². The van der Waals surface area contributed by atoms with Gasteiger partial charge >= 0.3 is 0 Å². The van der Waals surface area contributed by atoms with Gasteiger partial charge in [0.25, 0.3) is 10.0 Å². The Morgan fingerprint density at radius 2 is 1.54 bits per heavy atom. The number of amides is 2. The van der Waals surface area contributed by atoms with Crippen LogP contribution in [-0.4, -0.2) is 50.9 Å². The first-order valence-electron chi connectivity index (χ1n) is 16.5. The highest BCUT2D eigenvalue weighted by atomic mass is 35.5. The van der Waals surface area contributed by atoms with E-state index in [2.05, 4.69) is 5.32 Å². The quantitative estimate of drug-likeness (QED) is 0.148. The summed E-state index contributed by atoms with van der Waals surface area (Å²) in [5, 5.41) is 4.01. The Kier molecular flexibility index (Phi) is 12.7. The molecule has 12 heteroatoms. The van der Waals surface area contributed by atoms with E-state index in [0.717, 1.165) is 47.5 Å². The Labute approximate surface area is 309 Å². The highest BCUT2D eigenvalue weighted by Gasteiger charge is 2.35. The number of benzene rings is 4. The second kappa shape index (κ2) is 17.0. The molecular formula is C38H40Cl3N3O5S. The van der Waals surface area contributed by atoms with Crippen LogP contribution in [-0.2, 0) is 32.6 Å². The normalized spacial score (nSPS) is 14.1. The van der Waals surface area contributed by atoms with Gasteiger partial charge in [-0.1, -0.05) is 108 Å². The van der Waals surface area contributed by atoms with Crippen LogP contribution in [0.1, 0.15) is 48.8 Å². The van der Waals surface area contributed by atoms with Crippen molar-refractivity contribution < 1.29 is 22.7 Å². The highest BCUT2D eigenvalue weighted by Crippen LogP contribution is 2.33. The number of hydrogen-bond donors (Lipinski definition) is 1. The van der Waals surface area contributed by atoms with E-state index in [0.29, 0.717) is 21.4 Å². The van der Waals surface area contributed by atoms with E-state index in [1.807, 2.05) is 37.3 Å². The zero-order valence-electron chi connectivity index (χ0n) is 27.9. The molecule has 0 aliphatic heterocycles. The number of carbonyl (C=O) groups excluding carboxylic acids is 2. The second-order valence-electron chi connectivity index (χ2n) is 12.5. The lowest BCUT2D eigenvalue weighted by molar-refractivity contribution is -0.140. The monoisotopic (exact) mass is 755 g/mol. The number of anilines is 1. The van der Waals surface area contributed by atoms with E-state index in [4.69, 9.17) is 39.5 Å². The summed E-state index contributed by atoms with van der Waals surface area (Å²) in [6, 6.07) is 24.3. The fourth-order valence-electron chi connectivity index (χ4n) is 6.11. The van der Waals surface area contributed by atoms with E-state index in [1.165, 1.54) is 36.3 Å². The molecule has 1 aliphatic rings. The lowest BCUT2D eigenvalue weighted by atomic mass is 9.94. The molecule has 4 aromatic carbocycles. The number of nitrogens with zero attached hydrogens (tertiary/aromatic N) is 2. The molecule has 1 fully saturated rings. The molecular weight excluding hydrogens is 717 g/mol. The topological polar surface area (TPSA) is 96.0 Å². The van der Waals surface area contributed by atoms with Crippen molar-refractivity contribution in [1.29, 1.82) is 0 Å². The van der Waals surface area contributed by atoms with Crippen molar-refractivity contribution in [1.82, 2.24) is 10.2 Å². The summed E-state index contributed by atoms with van der Waals surface area (Å²) >= 11 is 19.1. The second-order valence-corrected chi connectivity index (χ2v) is 15.5. The van der Waals surface area contributed by atoms with Gasteiger partial charge in [0.2, 0.25) is 11.8 Å². The molecule has 0 saturated heterocycles. The van der Waals surface area contributed by atoms with Gasteiger partial charge in [-0.25, -0.2) is 8.42 Å². The van der Waals surface area contributed by atoms with Gasteiger partial charge in [-0.15, -0.1) is 0 Å². The van der Waals surface area contributed by atoms with Crippen molar-refractivity contribution in [3.05, 3.63) is 123 Å². The predicted octanol–water partition coefficient (Wildman–Crippen LogP) is 8.25. The first kappa shape index (κ1) is 37.5. The number of sulfonamides is 1. The first-order chi connectivity index (χ1) is 24.0. The SMILES string of the molecule is COc1ccc(N(CC(=O)N(Cc2ccc(Cl)c(Cl)c2)[C@H](Cc2ccccc2)C(=O)NC2CCCCC2)S(=O)(=O)c2ccc(C)cc2)cc1Cl. The molecule has 1 saturated carbocycles. The van der Waals surface area contributed by atoms with E-state index < -0.39 is 28.5 Å². The van der Waals surface area contributed by atoms with Crippen molar-refractivity contribution in [2.75, 3.05) is 18.0 Å². The third-order valence-electron chi connectivity index (χ3n) is 8.87. The molecule has 1 aliphatic carbocycles. The summed E-state index contributed by atoms with van der Waals surface area (Å²) in [6.45, 7) is 1.20. The van der Waals surface area contributed by atoms with Crippen LogP contribution < -0.4 is 14.4 Å². The smallest absolute Gasteiger partial charge is 0.264 e. The van der Waals surface area contributed by atoms with Crippen molar-refractivity contribution >= 4 is 62.3 Å². The summed E-state index contributed by atoms with van der Waals surface area (Å²) in [5.74, 6) is -0.564. The van der Waals surface area contributed by atoms with Crippen LogP contribution in [0.5, 0.6) is 5.75 Å². The largest absolute Gasteiger partial charge is 0.495 e. The van der Waals surface area contributed by atoms with Gasteiger partial charge in [0.05, 0.1) is 32.8 Å². The first-order valence-corrected chi connectivity index (χ1v) is 19.0. The summed E-state index contributed by atoms with van der Waals surface area (Å²) in [7, 11) is -2.85. The van der Waals surface area contributed by atoms with E-state index in [9.17, 15) is 18.0 Å². The minimum Gasteiger partial charge on any atom is -0.495 e. The van der Waals surface area contributed by atoms with Crippen molar-refractivity contribution in [3.8, 4) is 5.75 Å². The summed E-state index contributed by atoms with van der Waals surface area (Å²) in [4.78, 5) is 30.5. The third kappa shape index (κ3) is 9.31. The molecule has 4 aromatic rings. The Hall–Kier alpha value is -3.76. The molecule has 0 radical (unpaired) electrons. The number of carbonyl (C=O) groups is 2. The van der Waals surface area contributed by atoms with Gasteiger partial charge in [-0.2, -0.15) is 0 Å². The van der Waals surface area contributed by atoms with Crippen LogP contribution >= 0.6 is 34.8 Å². The van der Waals surface area contributed by atoms with Crippen LogP contribution in [0.3, 0.4) is 0 Å². The number of halogens is 3. The van der Waals surface area contributed by atoms with Crippen LogP contribution in [0.4, 0.5) is 5.69 Å². The molecule has 0 heterocycles. The lowest BCUT2D eigenvalue weighted by Crippen LogP contribution is -2.55. The Morgan fingerprint density at radius 3 is 2.18 bits per heavy atom. The van der Waals surface area contributed by atoms with E-state index in [1.54, 1.807) is 36.4 Å². The van der Waals surface area contributed by atoms with Crippen LogP contribution in [0.2, 0.25) is 15.1 Å². The third-order valence-corrected chi connectivity index (χ3v) is 11.7. The van der Waals surface area contributed by atoms with Crippen molar-refractivity contribution in [3.63, 3.8) is 0 Å². The molecule has 5 rings (SSSR count). The van der Waals surface area contributed by atoms with E-state index in [-0.39, 0.29) is 40.5 Å². The van der Waals surface area contributed by atoms with Crippen molar-refractivity contribution in [2.24, 2.45) is 0 Å². The number of nitrogens with one attached hydrogen (secondary N) is 1. The standard InChI is InChI=1S/C38H40Cl3N3O5S/c1-26-13-17-31(18-14-26)50(47,48)44(30-16-20-36(49-2)34(41)23-30)25-37(45)43(24-28-15-19-32(39)33(40)21-28)35(22-27-9-5-3-6-10-27)38(46)42-29-11-7-4-8-12-29/h3,5-6,9-10,13-21,23,29,35H,4,7-8,11-12,22,24-25H2,1-2H3,(H,42,46)/t35-/m1/s1. The average molecular weight is 757 g/mol. The minimum absolute atomic E-state index is 0.00486. The van der Waals surface area contributed by atoms with Crippen LogP contribution in [0.25, 0.3) is 0 Å². The average Bonchev–Trinajstić information content (AvgIpc) is 3.11. The van der Waals surface area contributed by atoms with Gasteiger partial charge in [0, 0.05) is 19.0 Å². The molecule has 0 bridgehead atoms. The molecule has 0 spiro atoms. The number of methoxy groups -OCH3 is 1. The summed E-state index contributed by atoms with van der Waals surface area (Å²) in [6.07, 6.45) is 5.04.